The standard InChI is InChI=1S/C34H36P2/c1-5-14-28(15-6-1)35(29-16-7-2-8-17-29)32-25-24-27(26-32)33-22-13-23-34(33)36(30-18-9-3-10-19-30)31-20-11-4-12-21-31/h1-12,14-21,27,32-34H,13,22-26H2. The second-order valence-corrected chi connectivity index (χ2v) is 15.4. The summed E-state index contributed by atoms with van der Waals surface area (Å²) in [6.07, 6.45) is 8.43. The highest BCUT2D eigenvalue weighted by Crippen LogP contribution is 2.57. The summed E-state index contributed by atoms with van der Waals surface area (Å²) >= 11 is 0. The average molecular weight is 507 g/mol. The molecule has 0 heterocycles. The molecule has 0 spiro atoms. The molecule has 0 nitrogen and oxygen atoms in total. The molecule has 6 rings (SSSR count). The first-order valence-corrected chi connectivity index (χ1v) is 16.5. The van der Waals surface area contributed by atoms with Crippen LogP contribution in [0.5, 0.6) is 0 Å². The predicted molar refractivity (Wildman–Crippen MR) is 160 cm³/mol. The first-order chi connectivity index (χ1) is 17.9. The van der Waals surface area contributed by atoms with Crippen LogP contribution < -0.4 is 21.2 Å². The second-order valence-electron chi connectivity index (χ2n) is 10.5. The fraction of sp³-hybridized carbons (Fsp3) is 0.294. The highest BCUT2D eigenvalue weighted by atomic mass is 31.1. The quantitative estimate of drug-likeness (QED) is 0.227. The zero-order valence-corrected chi connectivity index (χ0v) is 22.8. The van der Waals surface area contributed by atoms with Crippen molar-refractivity contribution >= 4 is 37.1 Å². The van der Waals surface area contributed by atoms with Gasteiger partial charge in [0.05, 0.1) is 0 Å². The Bertz CT molecular complexity index is 1130. The summed E-state index contributed by atoms with van der Waals surface area (Å²) in [6.45, 7) is 0. The molecule has 0 saturated heterocycles. The van der Waals surface area contributed by atoms with E-state index in [9.17, 15) is 0 Å². The van der Waals surface area contributed by atoms with Crippen LogP contribution in [0.4, 0.5) is 0 Å². The van der Waals surface area contributed by atoms with Crippen molar-refractivity contribution in [1.82, 2.24) is 0 Å². The number of rotatable bonds is 7. The van der Waals surface area contributed by atoms with Gasteiger partial charge in [0.15, 0.2) is 0 Å². The fourth-order valence-electron chi connectivity index (χ4n) is 6.91. The van der Waals surface area contributed by atoms with E-state index in [0.717, 1.165) is 23.2 Å². The van der Waals surface area contributed by atoms with Crippen molar-refractivity contribution in [3.05, 3.63) is 121 Å². The third kappa shape index (κ3) is 5.09. The first kappa shape index (κ1) is 24.1. The van der Waals surface area contributed by atoms with Crippen LogP contribution in [0, 0.1) is 11.8 Å². The van der Waals surface area contributed by atoms with Crippen LogP contribution in [0.15, 0.2) is 121 Å². The molecule has 2 fully saturated rings. The monoisotopic (exact) mass is 506 g/mol. The van der Waals surface area contributed by atoms with Crippen molar-refractivity contribution in [1.29, 1.82) is 0 Å². The van der Waals surface area contributed by atoms with Gasteiger partial charge in [0.1, 0.15) is 0 Å². The van der Waals surface area contributed by atoms with Gasteiger partial charge in [-0.25, -0.2) is 0 Å². The predicted octanol–water partition coefficient (Wildman–Crippen LogP) is 7.59. The van der Waals surface area contributed by atoms with Crippen LogP contribution in [0.3, 0.4) is 0 Å². The Morgan fingerprint density at radius 1 is 0.444 bits per heavy atom. The van der Waals surface area contributed by atoms with Crippen molar-refractivity contribution in [3.8, 4) is 0 Å². The molecule has 0 radical (unpaired) electrons. The third-order valence-corrected chi connectivity index (χ3v) is 14.3. The van der Waals surface area contributed by atoms with Gasteiger partial charge in [-0.2, -0.15) is 0 Å². The van der Waals surface area contributed by atoms with E-state index in [-0.39, 0.29) is 15.8 Å². The molecule has 0 amide bonds. The summed E-state index contributed by atoms with van der Waals surface area (Å²) in [7, 11) is -0.624. The van der Waals surface area contributed by atoms with Crippen molar-refractivity contribution in [3.63, 3.8) is 0 Å². The van der Waals surface area contributed by atoms with E-state index in [0.29, 0.717) is 0 Å². The van der Waals surface area contributed by atoms with Crippen molar-refractivity contribution in [2.75, 3.05) is 0 Å². The van der Waals surface area contributed by atoms with E-state index in [1.54, 1.807) is 21.2 Å². The first-order valence-electron chi connectivity index (χ1n) is 13.7. The topological polar surface area (TPSA) is 0 Å². The lowest BCUT2D eigenvalue weighted by molar-refractivity contribution is 0.353. The molecule has 2 heteroatoms. The van der Waals surface area contributed by atoms with Gasteiger partial charge in [-0.05, 0) is 92.3 Å². The van der Waals surface area contributed by atoms with Crippen molar-refractivity contribution < 1.29 is 0 Å². The molecule has 4 atom stereocenters. The Hall–Kier alpha value is -2.26. The molecule has 0 aromatic heterocycles. The zero-order chi connectivity index (χ0) is 24.2. The van der Waals surface area contributed by atoms with Crippen LogP contribution in [0.25, 0.3) is 0 Å². The minimum atomic E-state index is -0.319. The van der Waals surface area contributed by atoms with Gasteiger partial charge in [0.2, 0.25) is 0 Å². The van der Waals surface area contributed by atoms with Crippen LogP contribution in [0.2, 0.25) is 0 Å². The highest BCUT2D eigenvalue weighted by Gasteiger charge is 2.43. The van der Waals surface area contributed by atoms with E-state index in [2.05, 4.69) is 121 Å². The molecule has 2 aliphatic rings. The molecule has 4 aromatic carbocycles. The lowest BCUT2D eigenvalue weighted by atomic mass is 9.89. The summed E-state index contributed by atoms with van der Waals surface area (Å²) in [5, 5.41) is 6.26. The maximum absolute atomic E-state index is 2.40. The summed E-state index contributed by atoms with van der Waals surface area (Å²) in [5.74, 6) is 1.74. The molecule has 2 aliphatic carbocycles. The number of hydrogen-bond acceptors (Lipinski definition) is 0. The Labute approximate surface area is 219 Å². The molecule has 0 aliphatic heterocycles. The van der Waals surface area contributed by atoms with E-state index in [1.165, 1.54) is 38.5 Å². The van der Waals surface area contributed by atoms with Crippen molar-refractivity contribution in [2.24, 2.45) is 11.8 Å². The summed E-state index contributed by atoms with van der Waals surface area (Å²) in [4.78, 5) is 0. The smallest absolute Gasteiger partial charge is 0.00978 e. The third-order valence-electron chi connectivity index (χ3n) is 8.42. The van der Waals surface area contributed by atoms with E-state index in [1.807, 2.05) is 0 Å². The van der Waals surface area contributed by atoms with Crippen molar-refractivity contribution in [2.45, 2.75) is 49.8 Å². The Balaban J connectivity index is 1.28. The number of hydrogen-bond donors (Lipinski definition) is 0. The van der Waals surface area contributed by atoms with Gasteiger partial charge in [-0.15, -0.1) is 0 Å². The van der Waals surface area contributed by atoms with Gasteiger partial charge in [-0.1, -0.05) is 128 Å². The molecule has 36 heavy (non-hydrogen) atoms. The lowest BCUT2D eigenvalue weighted by Crippen LogP contribution is -2.28. The van der Waals surface area contributed by atoms with Crippen LogP contribution in [0.1, 0.15) is 38.5 Å². The van der Waals surface area contributed by atoms with Gasteiger partial charge in [0.25, 0.3) is 0 Å². The Kier molecular flexibility index (Phi) is 7.65. The van der Waals surface area contributed by atoms with Gasteiger partial charge < -0.3 is 0 Å². The molecule has 182 valence electrons. The Morgan fingerprint density at radius 2 is 0.889 bits per heavy atom. The summed E-state index contributed by atoms with van der Waals surface area (Å²) < 4.78 is 0. The normalized spacial score (nSPS) is 23.9. The van der Waals surface area contributed by atoms with Gasteiger partial charge in [0, 0.05) is 0 Å². The minimum absolute atomic E-state index is 0.305. The molecular weight excluding hydrogens is 470 g/mol. The molecule has 2 saturated carbocycles. The second kappa shape index (κ2) is 11.4. The van der Waals surface area contributed by atoms with Crippen LogP contribution >= 0.6 is 15.8 Å². The van der Waals surface area contributed by atoms with E-state index >= 15 is 0 Å². The SMILES string of the molecule is c1ccc(P(c2ccccc2)C2CCC(C3CCCC3P(c3ccccc3)c3ccccc3)C2)cc1. The average Bonchev–Trinajstić information content (AvgIpc) is 3.62. The lowest BCUT2D eigenvalue weighted by Gasteiger charge is -2.34. The molecule has 4 aromatic rings. The molecule has 4 unspecified atom stereocenters. The van der Waals surface area contributed by atoms with E-state index < -0.39 is 0 Å². The maximum Gasteiger partial charge on any atom is -0.00978 e. The molecular formula is C34H36P2. The highest BCUT2D eigenvalue weighted by molar-refractivity contribution is 7.74. The van der Waals surface area contributed by atoms with Gasteiger partial charge >= 0.3 is 0 Å². The largest absolute Gasteiger partial charge is 0.0622 e. The minimum Gasteiger partial charge on any atom is -0.0622 e. The molecule has 0 bridgehead atoms. The van der Waals surface area contributed by atoms with Gasteiger partial charge in [-0.3, -0.25) is 0 Å². The maximum atomic E-state index is 2.40. The summed E-state index contributed by atoms with van der Waals surface area (Å²) in [6, 6.07) is 45.7. The van der Waals surface area contributed by atoms with Crippen LogP contribution in [-0.4, -0.2) is 11.3 Å². The fourth-order valence-corrected chi connectivity index (χ4v) is 13.2. The van der Waals surface area contributed by atoms with E-state index in [4.69, 9.17) is 0 Å². The summed E-state index contributed by atoms with van der Waals surface area (Å²) in [5.41, 5.74) is 1.61. The number of benzene rings is 4. The molecule has 0 N–H and O–H groups in total. The Morgan fingerprint density at radius 3 is 1.36 bits per heavy atom. The zero-order valence-electron chi connectivity index (χ0n) is 21.0. The van der Waals surface area contributed by atoms with Crippen LogP contribution in [-0.2, 0) is 0 Å².